The number of benzene rings is 1. The maximum Gasteiger partial charge on any atom is 0.318 e. The summed E-state index contributed by atoms with van der Waals surface area (Å²) in [5.74, 6) is -0.257. The quantitative estimate of drug-likeness (QED) is 0.742. The number of thiazole rings is 1. The van der Waals surface area contributed by atoms with Gasteiger partial charge in [0.1, 0.15) is 0 Å². The number of carbonyl (C=O) groups excluding carboxylic acids is 1. The molecule has 3 rings (SSSR count). The molecule has 2 heterocycles. The van der Waals surface area contributed by atoms with Crippen LogP contribution in [-0.4, -0.2) is 15.6 Å². The first-order valence-electron chi connectivity index (χ1n) is 7.27. The largest absolute Gasteiger partial charge is 0.351 e. The number of hydrogen-bond acceptors (Lipinski definition) is 4. The molecule has 2 aromatic heterocycles. The molecule has 1 amide bonds. The Hall–Kier alpha value is -2.21. The molecule has 0 unspecified atom stereocenters. The number of aromatic nitrogens is 2. The zero-order chi connectivity index (χ0) is 15.5. The van der Waals surface area contributed by atoms with E-state index < -0.39 is 5.91 Å². The molecule has 0 radical (unpaired) electrons. The van der Waals surface area contributed by atoms with Crippen molar-refractivity contribution in [1.82, 2.24) is 9.72 Å². The Kier molecular flexibility index (Phi) is 4.20. The molecule has 5 nitrogen and oxygen atoms in total. The van der Waals surface area contributed by atoms with Crippen LogP contribution in [0, 0.1) is 0 Å². The average Bonchev–Trinajstić information content (AvgIpc) is 3.14. The van der Waals surface area contributed by atoms with E-state index in [-0.39, 0.29) is 5.76 Å². The molecule has 114 valence electrons. The van der Waals surface area contributed by atoms with E-state index in [1.165, 1.54) is 42.0 Å². The van der Waals surface area contributed by atoms with E-state index in [1.54, 1.807) is 0 Å². The minimum Gasteiger partial charge on any atom is -0.351 e. The van der Waals surface area contributed by atoms with Gasteiger partial charge in [-0.15, -0.1) is 0 Å². The van der Waals surface area contributed by atoms with Crippen molar-refractivity contribution in [2.75, 3.05) is 0 Å². The molecule has 22 heavy (non-hydrogen) atoms. The first-order valence-corrected chi connectivity index (χ1v) is 8.09. The summed E-state index contributed by atoms with van der Waals surface area (Å²) in [5, 5.41) is 3.53. The van der Waals surface area contributed by atoms with Gasteiger partial charge in [0.2, 0.25) is 5.76 Å². The summed E-state index contributed by atoms with van der Waals surface area (Å²) in [6, 6.07) is 7.94. The SMILES string of the molecule is CCCCc1ccc2c(c1)sc(=NC(=O)c1ccno1)n2C. The van der Waals surface area contributed by atoms with E-state index in [1.807, 2.05) is 11.6 Å². The summed E-state index contributed by atoms with van der Waals surface area (Å²) in [7, 11) is 1.91. The van der Waals surface area contributed by atoms with Crippen LogP contribution >= 0.6 is 11.3 Å². The summed E-state index contributed by atoms with van der Waals surface area (Å²) in [6.07, 6.45) is 4.89. The molecule has 0 N–H and O–H groups in total. The Bertz CT molecular complexity index is 859. The lowest BCUT2D eigenvalue weighted by atomic mass is 10.1. The van der Waals surface area contributed by atoms with Gasteiger partial charge in [0, 0.05) is 13.1 Å². The van der Waals surface area contributed by atoms with Gasteiger partial charge >= 0.3 is 5.91 Å². The number of nitrogens with zero attached hydrogens (tertiary/aromatic N) is 3. The number of carbonyl (C=O) groups is 1. The maximum absolute atomic E-state index is 12.0. The Morgan fingerprint density at radius 3 is 3.00 bits per heavy atom. The van der Waals surface area contributed by atoms with E-state index in [4.69, 9.17) is 4.52 Å². The van der Waals surface area contributed by atoms with Gasteiger partial charge < -0.3 is 9.09 Å². The Labute approximate surface area is 131 Å². The molecule has 0 spiro atoms. The molecule has 0 aliphatic heterocycles. The van der Waals surface area contributed by atoms with Crippen molar-refractivity contribution in [2.24, 2.45) is 12.0 Å². The van der Waals surface area contributed by atoms with Crippen LogP contribution in [-0.2, 0) is 13.5 Å². The van der Waals surface area contributed by atoms with E-state index in [0.29, 0.717) is 4.80 Å². The fourth-order valence-corrected chi connectivity index (χ4v) is 3.37. The first kappa shape index (κ1) is 14.7. The Morgan fingerprint density at radius 1 is 1.41 bits per heavy atom. The summed E-state index contributed by atoms with van der Waals surface area (Å²) < 4.78 is 7.91. The van der Waals surface area contributed by atoms with Crippen molar-refractivity contribution < 1.29 is 9.32 Å². The lowest BCUT2D eigenvalue weighted by Gasteiger charge is -2.00. The smallest absolute Gasteiger partial charge is 0.318 e. The lowest BCUT2D eigenvalue weighted by Crippen LogP contribution is -2.12. The van der Waals surface area contributed by atoms with Gasteiger partial charge in [-0.2, -0.15) is 4.99 Å². The molecular formula is C16H17N3O2S. The number of rotatable bonds is 4. The third-order valence-corrected chi connectivity index (χ3v) is 4.63. The van der Waals surface area contributed by atoms with Gasteiger partial charge in [0.15, 0.2) is 4.80 Å². The van der Waals surface area contributed by atoms with Crippen LogP contribution in [0.4, 0.5) is 0 Å². The molecule has 0 saturated heterocycles. The zero-order valence-corrected chi connectivity index (χ0v) is 13.4. The highest BCUT2D eigenvalue weighted by atomic mass is 32.1. The van der Waals surface area contributed by atoms with Crippen molar-refractivity contribution in [3.05, 3.63) is 46.6 Å². The normalized spacial score (nSPS) is 12.2. The van der Waals surface area contributed by atoms with E-state index in [9.17, 15) is 4.79 Å². The lowest BCUT2D eigenvalue weighted by molar-refractivity contribution is 0.0962. The minimum atomic E-state index is -0.411. The minimum absolute atomic E-state index is 0.154. The maximum atomic E-state index is 12.0. The number of hydrogen-bond donors (Lipinski definition) is 0. The van der Waals surface area contributed by atoms with Gasteiger partial charge in [0.25, 0.3) is 0 Å². The molecule has 0 aliphatic carbocycles. The van der Waals surface area contributed by atoms with E-state index in [2.05, 4.69) is 35.3 Å². The van der Waals surface area contributed by atoms with Gasteiger partial charge in [-0.25, -0.2) is 0 Å². The average molecular weight is 315 g/mol. The highest BCUT2D eigenvalue weighted by Gasteiger charge is 2.10. The number of unbranched alkanes of at least 4 members (excludes halogenated alkanes) is 1. The summed E-state index contributed by atoms with van der Waals surface area (Å²) in [5.41, 5.74) is 2.40. The highest BCUT2D eigenvalue weighted by Crippen LogP contribution is 2.19. The van der Waals surface area contributed by atoms with Gasteiger partial charge in [0.05, 0.1) is 16.4 Å². The summed E-state index contributed by atoms with van der Waals surface area (Å²) in [4.78, 5) is 16.8. The van der Waals surface area contributed by atoms with Crippen LogP contribution in [0.5, 0.6) is 0 Å². The second kappa shape index (κ2) is 6.27. The van der Waals surface area contributed by atoms with Crippen molar-refractivity contribution in [2.45, 2.75) is 26.2 Å². The van der Waals surface area contributed by atoms with Gasteiger partial charge in [-0.05, 0) is 30.5 Å². The molecule has 0 atom stereocenters. The predicted octanol–water partition coefficient (Wildman–Crippen LogP) is 3.31. The summed E-state index contributed by atoms with van der Waals surface area (Å²) >= 11 is 1.51. The highest BCUT2D eigenvalue weighted by molar-refractivity contribution is 7.16. The topological polar surface area (TPSA) is 60.4 Å². The van der Waals surface area contributed by atoms with Crippen LogP contribution < -0.4 is 4.80 Å². The van der Waals surface area contributed by atoms with Crippen LogP contribution in [0.1, 0.15) is 35.9 Å². The van der Waals surface area contributed by atoms with Crippen molar-refractivity contribution in [1.29, 1.82) is 0 Å². The molecule has 0 aliphatic rings. The Balaban J connectivity index is 2.00. The van der Waals surface area contributed by atoms with Crippen LogP contribution in [0.25, 0.3) is 10.2 Å². The third kappa shape index (κ3) is 2.87. The van der Waals surface area contributed by atoms with Gasteiger partial charge in [-0.3, -0.25) is 4.79 Å². The van der Waals surface area contributed by atoms with Crippen LogP contribution in [0.3, 0.4) is 0 Å². The number of fused-ring (bicyclic) bond motifs is 1. The second-order valence-corrected chi connectivity index (χ2v) is 6.15. The standard InChI is InChI=1S/C16H17N3O2S/c1-3-4-5-11-6-7-12-14(10-11)22-16(19(12)2)18-15(20)13-8-9-17-21-13/h6-10H,3-5H2,1-2H3. The third-order valence-electron chi connectivity index (χ3n) is 3.54. The molecular weight excluding hydrogens is 298 g/mol. The summed E-state index contributed by atoms with van der Waals surface area (Å²) in [6.45, 7) is 2.19. The first-order chi connectivity index (χ1) is 10.7. The molecule has 3 aromatic rings. The molecule has 6 heteroatoms. The molecule has 0 bridgehead atoms. The van der Waals surface area contributed by atoms with Crippen molar-refractivity contribution >= 4 is 27.5 Å². The number of amides is 1. The fourth-order valence-electron chi connectivity index (χ4n) is 2.29. The van der Waals surface area contributed by atoms with Gasteiger partial charge in [-0.1, -0.05) is 35.9 Å². The molecule has 0 fully saturated rings. The van der Waals surface area contributed by atoms with Crippen LogP contribution in [0.15, 0.2) is 40.0 Å². The van der Waals surface area contributed by atoms with Crippen molar-refractivity contribution in [3.8, 4) is 0 Å². The van der Waals surface area contributed by atoms with E-state index >= 15 is 0 Å². The molecule has 0 saturated carbocycles. The second-order valence-electron chi connectivity index (χ2n) is 5.14. The van der Waals surface area contributed by atoms with Crippen LogP contribution in [0.2, 0.25) is 0 Å². The number of aryl methyl sites for hydroxylation is 2. The van der Waals surface area contributed by atoms with E-state index in [0.717, 1.165) is 16.6 Å². The van der Waals surface area contributed by atoms with Crippen molar-refractivity contribution in [3.63, 3.8) is 0 Å². The zero-order valence-electron chi connectivity index (χ0n) is 12.6. The predicted molar refractivity (Wildman–Crippen MR) is 85.8 cm³/mol. The Morgan fingerprint density at radius 2 is 2.27 bits per heavy atom. The molecule has 1 aromatic carbocycles. The fraction of sp³-hybridized carbons (Fsp3) is 0.312. The monoisotopic (exact) mass is 315 g/mol.